The Morgan fingerprint density at radius 2 is 2.21 bits per heavy atom. The minimum Gasteiger partial charge on any atom is -0.386 e. The van der Waals surface area contributed by atoms with E-state index in [4.69, 9.17) is 11.6 Å². The molecule has 0 spiro atoms. The summed E-state index contributed by atoms with van der Waals surface area (Å²) < 4.78 is 2.26. The number of benzene rings is 1. The summed E-state index contributed by atoms with van der Waals surface area (Å²) in [4.78, 5) is 6.44. The van der Waals surface area contributed by atoms with Gasteiger partial charge in [-0.2, -0.15) is 0 Å². The average molecular weight is 342 g/mol. The highest BCUT2D eigenvalue weighted by atomic mass is 35.5. The lowest BCUT2D eigenvalue weighted by atomic mass is 10.0. The van der Waals surface area contributed by atoms with Crippen molar-refractivity contribution in [3.63, 3.8) is 0 Å². The predicted molar refractivity (Wildman–Crippen MR) is 96.2 cm³/mol. The SMILES string of the molecule is CN1CCc2c(c3cc(Cl)ccc3n2CC(O)c2cccnc2)C1. The van der Waals surface area contributed by atoms with Crippen molar-refractivity contribution in [2.75, 3.05) is 13.6 Å². The van der Waals surface area contributed by atoms with Crippen molar-refractivity contribution in [2.45, 2.75) is 25.6 Å². The minimum atomic E-state index is -0.575. The van der Waals surface area contributed by atoms with Gasteiger partial charge in [0.2, 0.25) is 0 Å². The molecule has 4 rings (SSSR count). The number of aliphatic hydroxyl groups excluding tert-OH is 1. The normalized spacial score (nSPS) is 16.3. The molecular formula is C19H20ClN3O. The predicted octanol–water partition coefficient (Wildman–Crippen LogP) is 3.41. The molecule has 0 amide bonds. The van der Waals surface area contributed by atoms with Gasteiger partial charge in [0.25, 0.3) is 0 Å². The number of rotatable bonds is 3. The second kappa shape index (κ2) is 6.20. The summed E-state index contributed by atoms with van der Waals surface area (Å²) in [6.45, 7) is 2.48. The van der Waals surface area contributed by atoms with Crippen LogP contribution in [0.25, 0.3) is 10.9 Å². The molecule has 0 fully saturated rings. The van der Waals surface area contributed by atoms with E-state index in [9.17, 15) is 5.11 Å². The van der Waals surface area contributed by atoms with Gasteiger partial charge in [0, 0.05) is 59.1 Å². The van der Waals surface area contributed by atoms with E-state index in [1.165, 1.54) is 16.6 Å². The second-order valence-electron chi connectivity index (χ2n) is 6.49. The zero-order valence-corrected chi connectivity index (χ0v) is 14.4. The third-order valence-electron chi connectivity index (χ3n) is 4.83. The van der Waals surface area contributed by atoms with Gasteiger partial charge >= 0.3 is 0 Å². The van der Waals surface area contributed by atoms with E-state index in [1.807, 2.05) is 24.3 Å². The third kappa shape index (κ3) is 2.71. The molecule has 0 saturated heterocycles. The summed E-state index contributed by atoms with van der Waals surface area (Å²) in [5.41, 5.74) is 4.63. The fourth-order valence-electron chi connectivity index (χ4n) is 3.62. The van der Waals surface area contributed by atoms with Crippen molar-refractivity contribution in [2.24, 2.45) is 0 Å². The maximum atomic E-state index is 10.7. The number of fused-ring (bicyclic) bond motifs is 3. The Balaban J connectivity index is 1.80. The van der Waals surface area contributed by atoms with Crippen LogP contribution in [0.4, 0.5) is 0 Å². The zero-order valence-electron chi connectivity index (χ0n) is 13.6. The summed E-state index contributed by atoms with van der Waals surface area (Å²) in [5.74, 6) is 0. The number of pyridine rings is 1. The van der Waals surface area contributed by atoms with Gasteiger partial charge in [-0.25, -0.2) is 0 Å². The quantitative estimate of drug-likeness (QED) is 0.793. The molecule has 24 heavy (non-hydrogen) atoms. The van der Waals surface area contributed by atoms with Crippen LogP contribution in [0.2, 0.25) is 5.02 Å². The van der Waals surface area contributed by atoms with Gasteiger partial charge in [0.15, 0.2) is 0 Å². The highest BCUT2D eigenvalue weighted by Crippen LogP contribution is 2.33. The summed E-state index contributed by atoms with van der Waals surface area (Å²) in [6.07, 6.45) is 3.86. The van der Waals surface area contributed by atoms with Crippen LogP contribution in [-0.2, 0) is 19.5 Å². The first-order chi connectivity index (χ1) is 11.6. The van der Waals surface area contributed by atoms with Gasteiger partial charge in [-0.15, -0.1) is 0 Å². The van der Waals surface area contributed by atoms with Crippen molar-refractivity contribution >= 4 is 22.5 Å². The van der Waals surface area contributed by atoms with Crippen LogP contribution < -0.4 is 0 Å². The molecule has 3 aromatic rings. The first-order valence-corrected chi connectivity index (χ1v) is 8.57. The van der Waals surface area contributed by atoms with Crippen molar-refractivity contribution in [1.82, 2.24) is 14.5 Å². The molecule has 1 aliphatic rings. The van der Waals surface area contributed by atoms with Crippen LogP contribution in [-0.4, -0.2) is 33.1 Å². The van der Waals surface area contributed by atoms with Crippen molar-refractivity contribution in [3.8, 4) is 0 Å². The molecule has 5 heteroatoms. The lowest BCUT2D eigenvalue weighted by molar-refractivity contribution is 0.155. The van der Waals surface area contributed by atoms with Crippen LogP contribution in [0.5, 0.6) is 0 Å². The van der Waals surface area contributed by atoms with Crippen molar-refractivity contribution in [3.05, 3.63) is 64.6 Å². The zero-order chi connectivity index (χ0) is 16.7. The molecule has 124 valence electrons. The molecule has 2 aromatic heterocycles. The number of hydrogen-bond donors (Lipinski definition) is 1. The first kappa shape index (κ1) is 15.6. The van der Waals surface area contributed by atoms with Gasteiger partial charge in [-0.1, -0.05) is 17.7 Å². The summed E-state index contributed by atoms with van der Waals surface area (Å²) in [6, 6.07) is 9.80. The molecule has 3 heterocycles. The van der Waals surface area contributed by atoms with Gasteiger partial charge in [-0.05, 0) is 36.9 Å². The number of halogens is 1. The van der Waals surface area contributed by atoms with E-state index < -0.39 is 6.10 Å². The van der Waals surface area contributed by atoms with Crippen molar-refractivity contribution in [1.29, 1.82) is 0 Å². The molecule has 1 N–H and O–H groups in total. The number of aliphatic hydroxyl groups is 1. The molecule has 1 atom stereocenters. The van der Waals surface area contributed by atoms with Crippen LogP contribution in [0.15, 0.2) is 42.7 Å². The van der Waals surface area contributed by atoms with E-state index in [1.54, 1.807) is 12.4 Å². The summed E-state index contributed by atoms with van der Waals surface area (Å²) >= 11 is 6.23. The van der Waals surface area contributed by atoms with Crippen molar-refractivity contribution < 1.29 is 5.11 Å². The van der Waals surface area contributed by atoms with Crippen LogP contribution in [0.3, 0.4) is 0 Å². The van der Waals surface area contributed by atoms with Gasteiger partial charge in [0.1, 0.15) is 0 Å². The Bertz CT molecular complexity index is 875. The van der Waals surface area contributed by atoms with Gasteiger partial charge < -0.3 is 14.6 Å². The molecule has 1 aliphatic heterocycles. The van der Waals surface area contributed by atoms with Crippen LogP contribution in [0.1, 0.15) is 22.9 Å². The topological polar surface area (TPSA) is 41.3 Å². The molecule has 1 unspecified atom stereocenters. The minimum absolute atomic E-state index is 0.531. The number of hydrogen-bond acceptors (Lipinski definition) is 3. The number of likely N-dealkylation sites (N-methyl/N-ethyl adjacent to an activating group) is 1. The smallest absolute Gasteiger partial charge is 0.0983 e. The van der Waals surface area contributed by atoms with E-state index in [0.717, 1.165) is 35.6 Å². The summed E-state index contributed by atoms with van der Waals surface area (Å²) in [7, 11) is 2.14. The Labute approximate surface area is 146 Å². The van der Waals surface area contributed by atoms with Crippen LogP contribution >= 0.6 is 11.6 Å². The highest BCUT2D eigenvalue weighted by molar-refractivity contribution is 6.31. The van der Waals surface area contributed by atoms with E-state index in [0.29, 0.717) is 6.54 Å². The van der Waals surface area contributed by atoms with Crippen LogP contribution in [0, 0.1) is 0 Å². The molecule has 1 aromatic carbocycles. The first-order valence-electron chi connectivity index (χ1n) is 8.19. The molecule has 0 radical (unpaired) electrons. The van der Waals surface area contributed by atoms with E-state index >= 15 is 0 Å². The maximum Gasteiger partial charge on any atom is 0.0983 e. The Morgan fingerprint density at radius 1 is 1.33 bits per heavy atom. The largest absolute Gasteiger partial charge is 0.386 e. The van der Waals surface area contributed by atoms with E-state index in [-0.39, 0.29) is 0 Å². The number of aromatic nitrogens is 2. The van der Waals surface area contributed by atoms with Gasteiger partial charge in [-0.3, -0.25) is 4.98 Å². The standard InChI is InChI=1S/C19H20ClN3O/c1-22-8-6-18-16(11-22)15-9-14(20)4-5-17(15)23(18)12-19(24)13-3-2-7-21-10-13/h2-5,7,9-10,19,24H,6,8,11-12H2,1H3. The lowest BCUT2D eigenvalue weighted by Crippen LogP contribution is -2.27. The molecule has 0 bridgehead atoms. The van der Waals surface area contributed by atoms with Gasteiger partial charge in [0.05, 0.1) is 12.6 Å². The van der Waals surface area contributed by atoms with E-state index in [2.05, 4.69) is 27.6 Å². The molecule has 0 aliphatic carbocycles. The monoisotopic (exact) mass is 341 g/mol. The third-order valence-corrected chi connectivity index (χ3v) is 5.07. The molecule has 0 saturated carbocycles. The summed E-state index contributed by atoms with van der Waals surface area (Å²) in [5, 5.41) is 12.6. The lowest BCUT2D eigenvalue weighted by Gasteiger charge is -2.25. The fraction of sp³-hybridized carbons (Fsp3) is 0.316. The molecule has 4 nitrogen and oxygen atoms in total. The Kier molecular flexibility index (Phi) is 4.04. The Morgan fingerprint density at radius 3 is 3.00 bits per heavy atom. The number of nitrogens with zero attached hydrogens (tertiary/aromatic N) is 3. The molecular weight excluding hydrogens is 322 g/mol. The maximum absolute atomic E-state index is 10.7. The fourth-order valence-corrected chi connectivity index (χ4v) is 3.79. The second-order valence-corrected chi connectivity index (χ2v) is 6.92. The Hall–Kier alpha value is -1.88. The highest BCUT2D eigenvalue weighted by Gasteiger charge is 2.23. The average Bonchev–Trinajstić information content (AvgIpc) is 2.88.